The number of Topliss-reactive ketones (excluding diaryl/α,β-unsaturated/α-hetero) is 2. The molecule has 0 radical (unpaired) electrons. The van der Waals surface area contributed by atoms with E-state index in [1.165, 1.54) is 17.0 Å². The number of rotatable bonds is 2. The molecule has 1 saturated carbocycles. The number of esters is 1. The number of benzene rings is 1. The lowest BCUT2D eigenvalue weighted by atomic mass is 9.58. The number of nitriles is 1. The van der Waals surface area contributed by atoms with Gasteiger partial charge in [-0.25, -0.2) is 4.79 Å². The number of hydrogen-bond donors (Lipinski definition) is 3. The molecule has 3 N–H and O–H groups in total. The second-order valence-electron chi connectivity index (χ2n) is 8.85. The van der Waals surface area contributed by atoms with Gasteiger partial charge in [0, 0.05) is 28.8 Å². The van der Waals surface area contributed by atoms with Crippen molar-refractivity contribution in [3.05, 3.63) is 39.6 Å². The molecule has 9 nitrogen and oxygen atoms in total. The van der Waals surface area contributed by atoms with Gasteiger partial charge in [0.1, 0.15) is 28.6 Å². The highest BCUT2D eigenvalue weighted by molar-refractivity contribution is 6.32. The Balaban J connectivity index is 1.86. The second kappa shape index (κ2) is 7.04. The van der Waals surface area contributed by atoms with Crippen LogP contribution in [0.5, 0.6) is 5.75 Å². The number of halogens is 1. The highest BCUT2D eigenvalue weighted by atomic mass is 35.5. The standard InChI is InChI=1S/C22H21ClN2O7/c1-21(16-12(23)4-5-13(26)15(16)20(30)32-21)9-6-11-17(25(2)3)18(28)10(8-24)19(29)22(11,31)14(27)7-9/h4-5,9,11,17,26,29,31H,6-7H2,1-3H3/t9-,11-,17+,21+,22-/m1/s1. The summed E-state index contributed by atoms with van der Waals surface area (Å²) >= 11 is 6.35. The SMILES string of the molecule is CN(C)[C@@H]1C(=O)C(C#N)=C(O)[C@]2(O)C(=O)C[C@H]([C@]3(C)OC(=O)c4c(O)ccc(Cl)c43)C[C@H]12. The third kappa shape index (κ3) is 2.67. The Bertz CT molecular complexity index is 1150. The van der Waals surface area contributed by atoms with Crippen molar-refractivity contribution in [2.75, 3.05) is 14.1 Å². The summed E-state index contributed by atoms with van der Waals surface area (Å²) in [6, 6.07) is 3.21. The van der Waals surface area contributed by atoms with Crippen LogP contribution < -0.4 is 0 Å². The van der Waals surface area contributed by atoms with Gasteiger partial charge in [-0.3, -0.25) is 14.5 Å². The van der Waals surface area contributed by atoms with Crippen molar-refractivity contribution < 1.29 is 34.4 Å². The number of hydrogen-bond acceptors (Lipinski definition) is 9. The summed E-state index contributed by atoms with van der Waals surface area (Å²) in [4.78, 5) is 40.2. The number of carbonyl (C=O) groups excluding carboxylic acids is 3. The van der Waals surface area contributed by atoms with Crippen LogP contribution in [0.3, 0.4) is 0 Å². The molecule has 0 spiro atoms. The van der Waals surface area contributed by atoms with Gasteiger partial charge in [-0.15, -0.1) is 0 Å². The average Bonchev–Trinajstić information content (AvgIpc) is 3.00. The number of carbonyl (C=O) groups is 3. The topological polar surface area (TPSA) is 148 Å². The lowest BCUT2D eigenvalue weighted by molar-refractivity contribution is -0.166. The van der Waals surface area contributed by atoms with Crippen molar-refractivity contribution in [3.8, 4) is 11.8 Å². The van der Waals surface area contributed by atoms with Gasteiger partial charge in [-0.2, -0.15) is 5.26 Å². The fourth-order valence-corrected chi connectivity index (χ4v) is 5.76. The predicted molar refractivity (Wildman–Crippen MR) is 110 cm³/mol. The number of aromatic hydroxyl groups is 1. The number of likely N-dealkylation sites (N-methyl/N-ethyl adjacent to an activating group) is 1. The van der Waals surface area contributed by atoms with E-state index in [-0.39, 0.29) is 34.7 Å². The molecule has 4 rings (SSSR count). The molecule has 0 saturated heterocycles. The molecule has 0 bridgehead atoms. The Morgan fingerprint density at radius 2 is 1.91 bits per heavy atom. The summed E-state index contributed by atoms with van der Waals surface area (Å²) in [6.07, 6.45) is -0.325. The molecule has 32 heavy (non-hydrogen) atoms. The van der Waals surface area contributed by atoms with E-state index in [4.69, 9.17) is 16.3 Å². The maximum atomic E-state index is 13.2. The van der Waals surface area contributed by atoms with Gasteiger partial charge < -0.3 is 20.1 Å². The molecular weight excluding hydrogens is 440 g/mol. The van der Waals surface area contributed by atoms with Gasteiger partial charge in [-0.1, -0.05) is 11.6 Å². The first kappa shape index (κ1) is 22.3. The van der Waals surface area contributed by atoms with Crippen LogP contribution >= 0.6 is 11.6 Å². The molecule has 10 heteroatoms. The zero-order valence-corrected chi connectivity index (χ0v) is 18.3. The van der Waals surface area contributed by atoms with Crippen LogP contribution in [0.15, 0.2) is 23.5 Å². The van der Waals surface area contributed by atoms with Crippen molar-refractivity contribution in [1.82, 2.24) is 4.90 Å². The van der Waals surface area contributed by atoms with Crippen LogP contribution in [-0.4, -0.2) is 63.5 Å². The Hall–Kier alpha value is -2.93. The zero-order chi connectivity index (χ0) is 23.7. The van der Waals surface area contributed by atoms with E-state index in [0.717, 1.165) is 0 Å². The lowest BCUT2D eigenvalue weighted by Crippen LogP contribution is -2.65. The third-order valence-corrected chi connectivity index (χ3v) is 7.33. The minimum absolute atomic E-state index is 0.00516. The molecule has 1 fully saturated rings. The summed E-state index contributed by atoms with van der Waals surface area (Å²) < 4.78 is 5.63. The van der Waals surface area contributed by atoms with Crippen LogP contribution in [0, 0.1) is 23.2 Å². The summed E-state index contributed by atoms with van der Waals surface area (Å²) in [5.74, 6) is -5.39. The molecule has 1 aromatic carbocycles. The molecule has 0 aromatic heterocycles. The summed E-state index contributed by atoms with van der Waals surface area (Å²) in [5.41, 5.74) is -4.35. The number of phenols is 1. The summed E-state index contributed by atoms with van der Waals surface area (Å²) in [5, 5.41) is 41.6. The first-order valence-corrected chi connectivity index (χ1v) is 10.3. The highest BCUT2D eigenvalue weighted by Gasteiger charge is 2.64. The van der Waals surface area contributed by atoms with Gasteiger partial charge >= 0.3 is 5.97 Å². The van der Waals surface area contributed by atoms with E-state index in [1.807, 2.05) is 0 Å². The Morgan fingerprint density at radius 1 is 1.25 bits per heavy atom. The van der Waals surface area contributed by atoms with Gasteiger partial charge in [0.15, 0.2) is 22.9 Å². The molecule has 3 aliphatic rings. The minimum atomic E-state index is -2.42. The van der Waals surface area contributed by atoms with E-state index in [0.29, 0.717) is 0 Å². The van der Waals surface area contributed by atoms with Crippen molar-refractivity contribution in [2.24, 2.45) is 11.8 Å². The number of nitrogens with zero attached hydrogens (tertiary/aromatic N) is 2. The molecule has 5 atom stereocenters. The monoisotopic (exact) mass is 460 g/mol. The number of phenolic OH excluding ortho intramolecular Hbond substituents is 1. The van der Waals surface area contributed by atoms with Crippen LogP contribution in [0.25, 0.3) is 0 Å². The maximum absolute atomic E-state index is 13.2. The summed E-state index contributed by atoms with van der Waals surface area (Å²) in [7, 11) is 3.13. The molecular formula is C22H21ClN2O7. The quantitative estimate of drug-likeness (QED) is 0.559. The van der Waals surface area contributed by atoms with Crippen molar-refractivity contribution >= 4 is 29.1 Å². The Labute approximate surface area is 188 Å². The van der Waals surface area contributed by atoms with Crippen LogP contribution in [0.4, 0.5) is 0 Å². The van der Waals surface area contributed by atoms with E-state index in [9.17, 15) is 35.0 Å². The van der Waals surface area contributed by atoms with Crippen molar-refractivity contribution in [1.29, 1.82) is 5.26 Å². The fraction of sp³-hybridized carbons (Fsp3) is 0.455. The number of cyclic esters (lactones) is 1. The number of fused-ring (bicyclic) bond motifs is 2. The van der Waals surface area contributed by atoms with Crippen molar-refractivity contribution in [2.45, 2.75) is 37.0 Å². The molecule has 1 heterocycles. The average molecular weight is 461 g/mol. The molecule has 0 amide bonds. The maximum Gasteiger partial charge on any atom is 0.343 e. The third-order valence-electron chi connectivity index (χ3n) is 7.01. The lowest BCUT2D eigenvalue weighted by Gasteiger charge is -2.50. The Kier molecular flexibility index (Phi) is 4.90. The predicted octanol–water partition coefficient (Wildman–Crippen LogP) is 1.61. The molecule has 0 unspecified atom stereocenters. The number of ether oxygens (including phenoxy) is 1. The van der Waals surface area contributed by atoms with Gasteiger partial charge in [0.2, 0.25) is 0 Å². The van der Waals surface area contributed by atoms with Crippen LogP contribution in [-0.2, 0) is 19.9 Å². The Morgan fingerprint density at radius 3 is 2.50 bits per heavy atom. The van der Waals surface area contributed by atoms with Gasteiger partial charge in [0.05, 0.1) is 6.04 Å². The first-order chi connectivity index (χ1) is 14.9. The largest absolute Gasteiger partial charge is 0.507 e. The van der Waals surface area contributed by atoms with Crippen LogP contribution in [0.2, 0.25) is 5.02 Å². The van der Waals surface area contributed by atoms with Crippen LogP contribution in [0.1, 0.15) is 35.7 Å². The fourth-order valence-electron chi connectivity index (χ4n) is 5.41. The first-order valence-electron chi connectivity index (χ1n) is 9.94. The van der Waals surface area contributed by atoms with Crippen molar-refractivity contribution in [3.63, 3.8) is 0 Å². The molecule has 168 valence electrons. The number of ketones is 2. The second-order valence-corrected chi connectivity index (χ2v) is 9.26. The zero-order valence-electron chi connectivity index (χ0n) is 17.5. The normalized spacial score (nSPS) is 34.3. The van der Waals surface area contributed by atoms with Gasteiger partial charge in [0.25, 0.3) is 0 Å². The highest BCUT2D eigenvalue weighted by Crippen LogP contribution is 2.55. The van der Waals surface area contributed by atoms with Gasteiger partial charge in [-0.05, 0) is 39.6 Å². The molecule has 2 aliphatic carbocycles. The van der Waals surface area contributed by atoms with E-state index in [2.05, 4.69) is 0 Å². The minimum Gasteiger partial charge on any atom is -0.507 e. The van der Waals surface area contributed by atoms with E-state index >= 15 is 0 Å². The number of aliphatic hydroxyl groups is 2. The molecule has 1 aliphatic heterocycles. The number of aliphatic hydroxyl groups excluding tert-OH is 1. The van der Waals surface area contributed by atoms with E-state index in [1.54, 1.807) is 27.1 Å². The molecule has 1 aromatic rings. The van der Waals surface area contributed by atoms with E-state index < -0.39 is 57.9 Å². The summed E-state index contributed by atoms with van der Waals surface area (Å²) in [6.45, 7) is 1.57. The smallest absolute Gasteiger partial charge is 0.343 e.